The van der Waals surface area contributed by atoms with Crippen LogP contribution in [-0.2, 0) is 4.74 Å². The number of hydrogen-bond acceptors (Lipinski definition) is 6. The van der Waals surface area contributed by atoms with Crippen LogP contribution in [0.3, 0.4) is 0 Å². The summed E-state index contributed by atoms with van der Waals surface area (Å²) in [7, 11) is 0. The summed E-state index contributed by atoms with van der Waals surface area (Å²) in [5.74, 6) is 0.564. The number of anilines is 1. The molecule has 122 valence electrons. The summed E-state index contributed by atoms with van der Waals surface area (Å²) in [6.45, 7) is 7.58. The average Bonchev–Trinajstić information content (AvgIpc) is 2.40. The van der Waals surface area contributed by atoms with Crippen molar-refractivity contribution in [2.24, 2.45) is 0 Å². The van der Waals surface area contributed by atoms with E-state index in [1.54, 1.807) is 27.7 Å². The molecule has 0 bridgehead atoms. The topological polar surface area (TPSA) is 99.9 Å². The summed E-state index contributed by atoms with van der Waals surface area (Å²) in [5, 5.41) is 13.5. The summed E-state index contributed by atoms with van der Waals surface area (Å²) >= 11 is 0. The lowest BCUT2D eigenvalue weighted by Gasteiger charge is -2.14. The fourth-order valence-corrected chi connectivity index (χ4v) is 1.69. The Morgan fingerprint density at radius 3 is 2.23 bits per heavy atom. The molecule has 8 heteroatoms. The van der Waals surface area contributed by atoms with E-state index in [9.17, 15) is 14.9 Å². The van der Waals surface area contributed by atoms with Gasteiger partial charge in [-0.05, 0) is 27.7 Å². The van der Waals surface area contributed by atoms with Gasteiger partial charge in [0.1, 0.15) is 5.69 Å². The molecule has 8 nitrogen and oxygen atoms in total. The van der Waals surface area contributed by atoms with E-state index in [2.05, 4.69) is 5.32 Å². The van der Waals surface area contributed by atoms with Crippen LogP contribution in [0.5, 0.6) is 11.5 Å². The molecule has 1 aromatic carbocycles. The predicted molar refractivity (Wildman–Crippen MR) is 80.7 cm³/mol. The van der Waals surface area contributed by atoms with Crippen LogP contribution < -0.4 is 14.8 Å². The highest BCUT2D eigenvalue weighted by atomic mass is 16.6. The number of carbonyl (C=O) groups excluding carboxylic acids is 1. The van der Waals surface area contributed by atoms with Crippen LogP contribution in [0.15, 0.2) is 12.1 Å². The van der Waals surface area contributed by atoms with Crippen LogP contribution in [0, 0.1) is 10.1 Å². The van der Waals surface area contributed by atoms with Crippen molar-refractivity contribution in [2.75, 3.05) is 18.5 Å². The molecule has 0 aliphatic heterocycles. The number of nitro groups is 1. The highest BCUT2D eigenvalue weighted by Crippen LogP contribution is 2.38. The highest BCUT2D eigenvalue weighted by molar-refractivity contribution is 5.89. The summed E-state index contributed by atoms with van der Waals surface area (Å²) in [6, 6.07) is 2.58. The second-order valence-electron chi connectivity index (χ2n) is 4.52. The number of rotatable bonds is 7. The van der Waals surface area contributed by atoms with Gasteiger partial charge in [-0.1, -0.05) is 0 Å². The van der Waals surface area contributed by atoms with Gasteiger partial charge in [-0.25, -0.2) is 4.79 Å². The summed E-state index contributed by atoms with van der Waals surface area (Å²) in [6.07, 6.45) is -1.11. The van der Waals surface area contributed by atoms with Crippen LogP contribution in [0.25, 0.3) is 0 Å². The third kappa shape index (κ3) is 4.80. The van der Waals surface area contributed by atoms with Crippen molar-refractivity contribution in [3.05, 3.63) is 22.2 Å². The SMILES string of the molecule is CCOc1cc(NC(=O)OC(C)C)c([N+](=O)[O-])cc1OCC. The first-order valence-electron chi connectivity index (χ1n) is 6.94. The fourth-order valence-electron chi connectivity index (χ4n) is 1.69. The van der Waals surface area contributed by atoms with Gasteiger partial charge in [0.05, 0.1) is 30.3 Å². The number of carbonyl (C=O) groups is 1. The first-order chi connectivity index (χ1) is 10.4. The first kappa shape index (κ1) is 17.5. The van der Waals surface area contributed by atoms with Gasteiger partial charge in [-0.3, -0.25) is 15.4 Å². The number of nitrogens with one attached hydrogen (secondary N) is 1. The minimum absolute atomic E-state index is 0.0115. The molecule has 0 spiro atoms. The number of nitro benzene ring substituents is 1. The Labute approximate surface area is 128 Å². The molecular formula is C14H20N2O6. The molecule has 1 amide bonds. The van der Waals surface area contributed by atoms with Crippen molar-refractivity contribution in [3.63, 3.8) is 0 Å². The van der Waals surface area contributed by atoms with Crippen molar-refractivity contribution in [1.82, 2.24) is 0 Å². The Morgan fingerprint density at radius 2 is 1.77 bits per heavy atom. The Bertz CT molecular complexity index is 544. The molecule has 1 rings (SSSR count). The molecule has 0 saturated heterocycles. The van der Waals surface area contributed by atoms with Crippen molar-refractivity contribution in [2.45, 2.75) is 33.8 Å². The number of benzene rings is 1. The van der Waals surface area contributed by atoms with Gasteiger partial charge in [0.25, 0.3) is 5.69 Å². The number of ether oxygens (including phenoxy) is 3. The molecule has 0 fully saturated rings. The second-order valence-corrected chi connectivity index (χ2v) is 4.52. The van der Waals surface area contributed by atoms with Crippen LogP contribution in [0.4, 0.5) is 16.2 Å². The minimum atomic E-state index is -0.773. The van der Waals surface area contributed by atoms with Gasteiger partial charge >= 0.3 is 6.09 Å². The molecular weight excluding hydrogens is 292 g/mol. The van der Waals surface area contributed by atoms with Gasteiger partial charge in [0, 0.05) is 6.07 Å². The average molecular weight is 312 g/mol. The molecule has 0 atom stereocenters. The Balaban J connectivity index is 3.19. The van der Waals surface area contributed by atoms with E-state index in [1.165, 1.54) is 12.1 Å². The van der Waals surface area contributed by atoms with Crippen molar-refractivity contribution < 1.29 is 23.9 Å². The molecule has 0 heterocycles. The van der Waals surface area contributed by atoms with Crippen LogP contribution in [0.2, 0.25) is 0 Å². The van der Waals surface area contributed by atoms with E-state index in [1.807, 2.05) is 0 Å². The monoisotopic (exact) mass is 312 g/mol. The zero-order valence-corrected chi connectivity index (χ0v) is 13.0. The maximum Gasteiger partial charge on any atom is 0.412 e. The summed E-state index contributed by atoms with van der Waals surface area (Å²) in [4.78, 5) is 22.2. The van der Waals surface area contributed by atoms with Gasteiger partial charge in [-0.15, -0.1) is 0 Å². The Hall–Kier alpha value is -2.51. The predicted octanol–water partition coefficient (Wildman–Crippen LogP) is 3.35. The first-order valence-corrected chi connectivity index (χ1v) is 6.94. The van der Waals surface area contributed by atoms with Crippen molar-refractivity contribution >= 4 is 17.5 Å². The number of amides is 1. The lowest BCUT2D eigenvalue weighted by Crippen LogP contribution is -2.18. The lowest BCUT2D eigenvalue weighted by molar-refractivity contribution is -0.384. The Kier molecular flexibility index (Phi) is 6.43. The van der Waals surface area contributed by atoms with Crippen molar-refractivity contribution in [1.29, 1.82) is 0 Å². The highest BCUT2D eigenvalue weighted by Gasteiger charge is 2.22. The maximum absolute atomic E-state index is 11.6. The minimum Gasteiger partial charge on any atom is -0.490 e. The Morgan fingerprint density at radius 1 is 1.23 bits per heavy atom. The largest absolute Gasteiger partial charge is 0.490 e. The molecule has 0 aromatic heterocycles. The normalized spacial score (nSPS) is 10.2. The van der Waals surface area contributed by atoms with Gasteiger partial charge in [0.15, 0.2) is 11.5 Å². The van der Waals surface area contributed by atoms with Gasteiger partial charge < -0.3 is 14.2 Å². The van der Waals surface area contributed by atoms with E-state index in [0.717, 1.165) is 0 Å². The van der Waals surface area contributed by atoms with E-state index >= 15 is 0 Å². The standard InChI is InChI=1S/C14H20N2O6/c1-5-20-12-7-10(15-14(17)22-9(3)4)11(16(18)19)8-13(12)21-6-2/h7-9H,5-6H2,1-4H3,(H,15,17). The molecule has 1 N–H and O–H groups in total. The van der Waals surface area contributed by atoms with E-state index in [4.69, 9.17) is 14.2 Å². The lowest BCUT2D eigenvalue weighted by atomic mass is 10.2. The van der Waals surface area contributed by atoms with Crippen LogP contribution in [0.1, 0.15) is 27.7 Å². The molecule has 0 saturated carbocycles. The van der Waals surface area contributed by atoms with Crippen molar-refractivity contribution in [3.8, 4) is 11.5 Å². The zero-order valence-electron chi connectivity index (χ0n) is 13.0. The number of hydrogen-bond donors (Lipinski definition) is 1. The fraction of sp³-hybridized carbons (Fsp3) is 0.500. The third-order valence-electron chi connectivity index (χ3n) is 2.44. The molecule has 0 aliphatic rings. The van der Waals surface area contributed by atoms with E-state index in [0.29, 0.717) is 19.0 Å². The molecule has 22 heavy (non-hydrogen) atoms. The number of nitrogens with zero attached hydrogens (tertiary/aromatic N) is 1. The molecule has 0 unspecified atom stereocenters. The van der Waals surface area contributed by atoms with E-state index in [-0.39, 0.29) is 23.2 Å². The molecule has 0 radical (unpaired) electrons. The van der Waals surface area contributed by atoms with E-state index < -0.39 is 11.0 Å². The summed E-state index contributed by atoms with van der Waals surface area (Å²) in [5.41, 5.74) is -0.310. The molecule has 1 aromatic rings. The third-order valence-corrected chi connectivity index (χ3v) is 2.44. The van der Waals surface area contributed by atoms with Crippen LogP contribution >= 0.6 is 0 Å². The maximum atomic E-state index is 11.6. The quantitative estimate of drug-likeness (QED) is 0.612. The van der Waals surface area contributed by atoms with Gasteiger partial charge in [-0.2, -0.15) is 0 Å². The smallest absolute Gasteiger partial charge is 0.412 e. The molecule has 0 aliphatic carbocycles. The zero-order chi connectivity index (χ0) is 16.7. The van der Waals surface area contributed by atoms with Crippen LogP contribution in [-0.4, -0.2) is 30.3 Å². The second kappa shape index (κ2) is 8.06. The summed E-state index contributed by atoms with van der Waals surface area (Å²) < 4.78 is 15.6. The van der Waals surface area contributed by atoms with Gasteiger partial charge in [0.2, 0.25) is 0 Å².